The molecule has 0 saturated heterocycles. The Bertz CT molecular complexity index is 181. The summed E-state index contributed by atoms with van der Waals surface area (Å²) in [7, 11) is 0. The standard InChI is InChI=1S/C8H12F2.C2H6.C2H4/c1-6-3-4-8(9,10)5-7(6)2;2*1-2/h3-5H2,1-2H3;1-2H3;1-2H2. The fourth-order valence-electron chi connectivity index (χ4n) is 1.21. The van der Waals surface area contributed by atoms with E-state index in [1.54, 1.807) is 6.92 Å². The summed E-state index contributed by atoms with van der Waals surface area (Å²) < 4.78 is 25.2. The summed E-state index contributed by atoms with van der Waals surface area (Å²) in [5, 5.41) is 0. The Morgan fingerprint density at radius 3 is 1.79 bits per heavy atom. The van der Waals surface area contributed by atoms with E-state index in [0.29, 0.717) is 6.42 Å². The Balaban J connectivity index is 0. The summed E-state index contributed by atoms with van der Waals surface area (Å²) >= 11 is 0. The summed E-state index contributed by atoms with van der Waals surface area (Å²) in [6, 6.07) is 0. The van der Waals surface area contributed by atoms with Crippen LogP contribution >= 0.6 is 0 Å². The molecule has 0 aromatic rings. The third-order valence-electron chi connectivity index (χ3n) is 2.12. The van der Waals surface area contributed by atoms with Crippen molar-refractivity contribution in [1.82, 2.24) is 0 Å². The maximum atomic E-state index is 12.6. The zero-order valence-electron chi connectivity index (χ0n) is 9.79. The molecule has 2 heteroatoms. The van der Waals surface area contributed by atoms with E-state index in [9.17, 15) is 8.78 Å². The first-order valence-electron chi connectivity index (χ1n) is 5.04. The number of hydrogen-bond acceptors (Lipinski definition) is 0. The number of alkyl halides is 2. The summed E-state index contributed by atoms with van der Waals surface area (Å²) in [4.78, 5) is 0. The van der Waals surface area contributed by atoms with Crippen LogP contribution in [0.25, 0.3) is 0 Å². The lowest BCUT2D eigenvalue weighted by atomic mass is 9.91. The van der Waals surface area contributed by atoms with Crippen LogP contribution < -0.4 is 0 Å². The van der Waals surface area contributed by atoms with Gasteiger partial charge < -0.3 is 0 Å². The molecule has 1 aliphatic carbocycles. The summed E-state index contributed by atoms with van der Waals surface area (Å²) in [5.41, 5.74) is 2.02. The molecule has 0 radical (unpaired) electrons. The summed E-state index contributed by atoms with van der Waals surface area (Å²) in [6.45, 7) is 13.7. The molecule has 0 aromatic carbocycles. The molecule has 14 heavy (non-hydrogen) atoms. The van der Waals surface area contributed by atoms with Gasteiger partial charge in [0.25, 0.3) is 5.92 Å². The van der Waals surface area contributed by atoms with Gasteiger partial charge in [0.15, 0.2) is 0 Å². The average molecular weight is 204 g/mol. The van der Waals surface area contributed by atoms with Crippen molar-refractivity contribution in [3.05, 3.63) is 24.3 Å². The molecule has 0 saturated carbocycles. The number of halogens is 2. The molecule has 0 fully saturated rings. The third-order valence-corrected chi connectivity index (χ3v) is 2.12. The van der Waals surface area contributed by atoms with Crippen LogP contribution in [0.5, 0.6) is 0 Å². The average Bonchev–Trinajstić information content (AvgIpc) is 2.18. The van der Waals surface area contributed by atoms with Crippen molar-refractivity contribution >= 4 is 0 Å². The zero-order valence-corrected chi connectivity index (χ0v) is 9.79. The SMILES string of the molecule is C=C.CC.CC1=C(C)CC(F)(F)CC1. The van der Waals surface area contributed by atoms with E-state index in [4.69, 9.17) is 0 Å². The van der Waals surface area contributed by atoms with Crippen molar-refractivity contribution in [3.63, 3.8) is 0 Å². The molecule has 0 N–H and O–H groups in total. The van der Waals surface area contributed by atoms with Gasteiger partial charge in [-0.25, -0.2) is 8.78 Å². The van der Waals surface area contributed by atoms with Crippen LogP contribution in [0.4, 0.5) is 8.78 Å². The molecule has 0 nitrogen and oxygen atoms in total. The molecule has 0 aromatic heterocycles. The molecular weight excluding hydrogens is 182 g/mol. The Hall–Kier alpha value is -0.660. The topological polar surface area (TPSA) is 0 Å². The molecule has 0 atom stereocenters. The van der Waals surface area contributed by atoms with Crippen LogP contribution in [-0.4, -0.2) is 5.92 Å². The van der Waals surface area contributed by atoms with Crippen molar-refractivity contribution in [3.8, 4) is 0 Å². The first kappa shape index (κ1) is 15.8. The van der Waals surface area contributed by atoms with Gasteiger partial charge in [-0.05, 0) is 20.3 Å². The van der Waals surface area contributed by atoms with Gasteiger partial charge in [-0.3, -0.25) is 0 Å². The third kappa shape index (κ3) is 5.90. The molecule has 0 amide bonds. The van der Waals surface area contributed by atoms with Gasteiger partial charge in [-0.15, -0.1) is 13.2 Å². The molecule has 1 rings (SSSR count). The second-order valence-corrected chi connectivity index (χ2v) is 3.09. The van der Waals surface area contributed by atoms with Crippen LogP contribution in [0, 0.1) is 0 Å². The van der Waals surface area contributed by atoms with E-state index in [1.807, 2.05) is 20.8 Å². The van der Waals surface area contributed by atoms with Gasteiger partial charge in [0.1, 0.15) is 0 Å². The lowest BCUT2D eigenvalue weighted by Crippen LogP contribution is -2.20. The number of hydrogen-bond donors (Lipinski definition) is 0. The molecule has 84 valence electrons. The molecule has 0 heterocycles. The second-order valence-electron chi connectivity index (χ2n) is 3.09. The monoisotopic (exact) mass is 204 g/mol. The lowest BCUT2D eigenvalue weighted by molar-refractivity contribution is -0.0119. The number of allylic oxidation sites excluding steroid dienone is 2. The minimum absolute atomic E-state index is 0.0289. The minimum Gasteiger partial charge on any atom is -0.207 e. The Morgan fingerprint density at radius 1 is 1.07 bits per heavy atom. The van der Waals surface area contributed by atoms with Gasteiger partial charge in [0.2, 0.25) is 0 Å². The highest BCUT2D eigenvalue weighted by Crippen LogP contribution is 2.35. The highest BCUT2D eigenvalue weighted by Gasteiger charge is 2.32. The van der Waals surface area contributed by atoms with Gasteiger partial charge in [-0.1, -0.05) is 25.0 Å². The van der Waals surface area contributed by atoms with Crippen molar-refractivity contribution in [1.29, 1.82) is 0 Å². The Labute approximate surface area is 86.7 Å². The number of rotatable bonds is 0. The van der Waals surface area contributed by atoms with Gasteiger partial charge in [0.05, 0.1) is 0 Å². The molecule has 0 spiro atoms. The van der Waals surface area contributed by atoms with Crippen molar-refractivity contribution in [2.45, 2.75) is 52.9 Å². The maximum Gasteiger partial charge on any atom is 0.252 e. The van der Waals surface area contributed by atoms with E-state index in [-0.39, 0.29) is 12.8 Å². The highest BCUT2D eigenvalue weighted by molar-refractivity contribution is 5.15. The maximum absolute atomic E-state index is 12.6. The smallest absolute Gasteiger partial charge is 0.207 e. The summed E-state index contributed by atoms with van der Waals surface area (Å²) in [5.74, 6) is -2.43. The van der Waals surface area contributed by atoms with E-state index in [0.717, 1.165) is 11.1 Å². The van der Waals surface area contributed by atoms with Crippen molar-refractivity contribution < 1.29 is 8.78 Å². The molecule has 1 aliphatic rings. The molecular formula is C12H22F2. The zero-order chi connectivity index (χ0) is 11.8. The minimum atomic E-state index is -2.43. The van der Waals surface area contributed by atoms with Crippen LogP contribution in [0.2, 0.25) is 0 Å². The first-order chi connectivity index (χ1) is 6.51. The summed E-state index contributed by atoms with van der Waals surface area (Å²) in [6.07, 6.45) is 0.577. The Kier molecular flexibility index (Phi) is 8.71. The predicted molar refractivity (Wildman–Crippen MR) is 59.8 cm³/mol. The van der Waals surface area contributed by atoms with Crippen LogP contribution in [0.1, 0.15) is 47.0 Å². The van der Waals surface area contributed by atoms with E-state index < -0.39 is 5.92 Å². The highest BCUT2D eigenvalue weighted by atomic mass is 19.3. The van der Waals surface area contributed by atoms with Crippen LogP contribution in [-0.2, 0) is 0 Å². The van der Waals surface area contributed by atoms with Crippen molar-refractivity contribution in [2.75, 3.05) is 0 Å². The lowest BCUT2D eigenvalue weighted by Gasteiger charge is -2.23. The quantitative estimate of drug-likeness (QED) is 0.489. The fourth-order valence-corrected chi connectivity index (χ4v) is 1.21. The second kappa shape index (κ2) is 7.72. The van der Waals surface area contributed by atoms with Crippen molar-refractivity contribution in [2.24, 2.45) is 0 Å². The fraction of sp³-hybridized carbons (Fsp3) is 0.667. The predicted octanol–water partition coefficient (Wildman–Crippen LogP) is 4.97. The molecule has 0 bridgehead atoms. The van der Waals surface area contributed by atoms with E-state index in [1.165, 1.54) is 0 Å². The van der Waals surface area contributed by atoms with Gasteiger partial charge in [0, 0.05) is 12.8 Å². The van der Waals surface area contributed by atoms with Gasteiger partial charge in [-0.2, -0.15) is 0 Å². The first-order valence-corrected chi connectivity index (χ1v) is 5.04. The van der Waals surface area contributed by atoms with Crippen LogP contribution in [0.3, 0.4) is 0 Å². The van der Waals surface area contributed by atoms with Crippen LogP contribution in [0.15, 0.2) is 24.3 Å². The van der Waals surface area contributed by atoms with Gasteiger partial charge >= 0.3 is 0 Å². The normalized spacial score (nSPS) is 18.7. The molecule has 0 aliphatic heterocycles. The molecule has 0 unspecified atom stereocenters. The van der Waals surface area contributed by atoms with E-state index in [2.05, 4.69) is 13.2 Å². The van der Waals surface area contributed by atoms with E-state index >= 15 is 0 Å². The Morgan fingerprint density at radius 2 is 1.50 bits per heavy atom. The largest absolute Gasteiger partial charge is 0.252 e.